The predicted octanol–water partition coefficient (Wildman–Crippen LogP) is 1.93. The zero-order chi connectivity index (χ0) is 20.0. The normalized spacial score (nSPS) is 24.7. The number of aromatic nitrogens is 3. The van der Waals surface area contributed by atoms with Crippen LogP contribution in [0.2, 0.25) is 0 Å². The van der Waals surface area contributed by atoms with Gasteiger partial charge in [-0.1, -0.05) is 12.1 Å². The maximum Gasteiger partial charge on any atom is 0.451 e. The van der Waals surface area contributed by atoms with Crippen LogP contribution in [0.1, 0.15) is 24.4 Å². The van der Waals surface area contributed by atoms with Crippen LogP contribution >= 0.6 is 0 Å². The Morgan fingerprint density at radius 2 is 1.89 bits per heavy atom. The van der Waals surface area contributed by atoms with Crippen molar-refractivity contribution >= 4 is 11.9 Å². The number of benzene rings is 1. The van der Waals surface area contributed by atoms with E-state index in [0.29, 0.717) is 15.9 Å². The van der Waals surface area contributed by atoms with Crippen LogP contribution in [0.3, 0.4) is 0 Å². The Morgan fingerprint density at radius 1 is 1.26 bits per heavy atom. The smallest absolute Gasteiger partial charge is 0.451 e. The molecule has 11 heteroatoms. The van der Waals surface area contributed by atoms with Gasteiger partial charge in [0.25, 0.3) is 0 Å². The van der Waals surface area contributed by atoms with E-state index in [-0.39, 0.29) is 5.95 Å². The van der Waals surface area contributed by atoms with Gasteiger partial charge in [-0.3, -0.25) is 9.36 Å². The number of ether oxygens (including phenoxy) is 2. The maximum atomic E-state index is 13.3. The minimum Gasteiger partial charge on any atom is -0.497 e. The highest BCUT2D eigenvalue weighted by atomic mass is 19.4. The number of hydrogen-bond acceptors (Lipinski definition) is 7. The molecular formula is C16H17F3N4O4. The molecule has 1 aliphatic heterocycles. The number of hydrogen-bond donors (Lipinski definition) is 2. The number of esters is 1. The number of aliphatic hydroxyl groups is 1. The van der Waals surface area contributed by atoms with Gasteiger partial charge in [-0.05, 0) is 24.6 Å². The topological polar surface area (TPSA) is 98.5 Å². The summed E-state index contributed by atoms with van der Waals surface area (Å²) in [5.41, 5.74) is -1.78. The van der Waals surface area contributed by atoms with Gasteiger partial charge < -0.3 is 19.9 Å². The maximum absolute atomic E-state index is 13.3. The minimum absolute atomic E-state index is 0.312. The first-order chi connectivity index (χ1) is 12.6. The number of alkyl halides is 3. The average Bonchev–Trinajstić information content (AvgIpc) is 3.06. The van der Waals surface area contributed by atoms with Gasteiger partial charge in [-0.15, -0.1) is 10.2 Å². The monoisotopic (exact) mass is 386 g/mol. The van der Waals surface area contributed by atoms with Crippen molar-refractivity contribution in [2.24, 2.45) is 5.92 Å². The first-order valence-corrected chi connectivity index (χ1v) is 7.85. The Balaban J connectivity index is 2.15. The lowest BCUT2D eigenvalue weighted by atomic mass is 9.83. The van der Waals surface area contributed by atoms with Crippen molar-refractivity contribution in [1.82, 2.24) is 14.8 Å². The molecule has 0 fully saturated rings. The Labute approximate surface area is 151 Å². The zero-order valence-electron chi connectivity index (χ0n) is 14.6. The van der Waals surface area contributed by atoms with Crippen molar-refractivity contribution < 1.29 is 32.5 Å². The predicted molar refractivity (Wildman–Crippen MR) is 85.8 cm³/mol. The van der Waals surface area contributed by atoms with Gasteiger partial charge in [-0.2, -0.15) is 13.2 Å². The van der Waals surface area contributed by atoms with Crippen LogP contribution in [0.15, 0.2) is 24.3 Å². The third kappa shape index (κ3) is 3.07. The highest BCUT2D eigenvalue weighted by Crippen LogP contribution is 2.45. The summed E-state index contributed by atoms with van der Waals surface area (Å²) >= 11 is 0. The Kier molecular flexibility index (Phi) is 4.50. The van der Waals surface area contributed by atoms with Crippen molar-refractivity contribution in [1.29, 1.82) is 0 Å². The summed E-state index contributed by atoms with van der Waals surface area (Å²) in [5, 5.41) is 20.3. The van der Waals surface area contributed by atoms with Crippen molar-refractivity contribution in [3.63, 3.8) is 0 Å². The molecule has 0 aliphatic carbocycles. The molecule has 1 aliphatic rings. The lowest BCUT2D eigenvalue weighted by Gasteiger charge is -2.42. The second-order valence-corrected chi connectivity index (χ2v) is 6.17. The number of methoxy groups -OCH3 is 2. The average molecular weight is 386 g/mol. The molecular weight excluding hydrogens is 369 g/mol. The van der Waals surface area contributed by atoms with E-state index in [0.717, 1.165) is 14.0 Å². The summed E-state index contributed by atoms with van der Waals surface area (Å²) < 4.78 is 50.1. The molecule has 0 radical (unpaired) electrons. The molecule has 1 aromatic carbocycles. The van der Waals surface area contributed by atoms with Crippen molar-refractivity contribution in [3.8, 4) is 5.75 Å². The van der Waals surface area contributed by atoms with E-state index < -0.39 is 35.7 Å². The van der Waals surface area contributed by atoms with Crippen molar-refractivity contribution in [2.45, 2.75) is 24.9 Å². The quantitative estimate of drug-likeness (QED) is 0.778. The second-order valence-electron chi connectivity index (χ2n) is 6.17. The molecule has 27 heavy (non-hydrogen) atoms. The summed E-state index contributed by atoms with van der Waals surface area (Å²) in [5.74, 6) is -3.47. The molecule has 0 amide bonds. The minimum atomic E-state index is -4.87. The van der Waals surface area contributed by atoms with Crippen LogP contribution in [-0.2, 0) is 21.4 Å². The van der Waals surface area contributed by atoms with Crippen molar-refractivity contribution in [2.75, 3.05) is 19.5 Å². The van der Waals surface area contributed by atoms with E-state index >= 15 is 0 Å². The van der Waals surface area contributed by atoms with E-state index in [4.69, 9.17) is 9.47 Å². The number of carbonyl (C=O) groups is 1. The number of nitrogens with one attached hydrogen (secondary N) is 1. The second kappa shape index (κ2) is 6.41. The van der Waals surface area contributed by atoms with Gasteiger partial charge in [0.15, 0.2) is 5.72 Å². The summed E-state index contributed by atoms with van der Waals surface area (Å²) in [6.07, 6.45) is -4.87. The Bertz CT molecular complexity index is 848. The Hall–Kier alpha value is -2.82. The standard InChI is InChI=1S/C16H17F3N4O4/c1-15(25)10(12(24)27-3)11(8-4-6-9(26-2)7-5-8)20-14-22-21-13(23(14)15)16(17,18)19/h4-7,10-11,25H,1-3H3,(H,20,22)/t10-,11+,15-/m1/s1. The van der Waals surface area contributed by atoms with E-state index in [9.17, 15) is 23.1 Å². The molecule has 2 N–H and O–H groups in total. The molecule has 1 aromatic heterocycles. The van der Waals surface area contributed by atoms with Gasteiger partial charge in [0.05, 0.1) is 20.3 Å². The molecule has 0 bridgehead atoms. The molecule has 8 nitrogen and oxygen atoms in total. The molecule has 0 saturated carbocycles. The van der Waals surface area contributed by atoms with Gasteiger partial charge in [0.1, 0.15) is 11.7 Å². The molecule has 3 atom stereocenters. The fourth-order valence-corrected chi connectivity index (χ4v) is 3.24. The van der Waals surface area contributed by atoms with Crippen LogP contribution in [-0.4, -0.2) is 40.1 Å². The number of rotatable bonds is 3. The number of halogens is 3. The van der Waals surface area contributed by atoms with Crippen LogP contribution in [0.5, 0.6) is 5.75 Å². The molecule has 0 saturated heterocycles. The van der Waals surface area contributed by atoms with E-state index in [2.05, 4.69) is 15.5 Å². The third-order valence-corrected chi connectivity index (χ3v) is 4.51. The molecule has 2 heterocycles. The first kappa shape index (κ1) is 19.0. The fourth-order valence-electron chi connectivity index (χ4n) is 3.24. The lowest BCUT2D eigenvalue weighted by Crippen LogP contribution is -2.52. The SMILES string of the molecule is COC(=O)[C@H]1[C@H](c2ccc(OC)cc2)Nc2nnc(C(F)(F)F)n2[C@]1(C)O. The van der Waals surface area contributed by atoms with Gasteiger partial charge in [-0.25, -0.2) is 0 Å². The van der Waals surface area contributed by atoms with Crippen molar-refractivity contribution in [3.05, 3.63) is 35.7 Å². The third-order valence-electron chi connectivity index (χ3n) is 4.51. The molecule has 3 rings (SSSR count). The summed E-state index contributed by atoms with van der Waals surface area (Å²) in [6.45, 7) is 1.09. The summed E-state index contributed by atoms with van der Waals surface area (Å²) in [6, 6.07) is 5.59. The lowest BCUT2D eigenvalue weighted by molar-refractivity contribution is -0.179. The van der Waals surface area contributed by atoms with Crippen LogP contribution in [0.4, 0.5) is 19.1 Å². The molecule has 0 spiro atoms. The number of anilines is 1. The van der Waals surface area contributed by atoms with E-state index in [1.165, 1.54) is 7.11 Å². The van der Waals surface area contributed by atoms with E-state index in [1.54, 1.807) is 24.3 Å². The fraction of sp³-hybridized carbons (Fsp3) is 0.438. The zero-order valence-corrected chi connectivity index (χ0v) is 14.6. The molecule has 0 unspecified atom stereocenters. The number of nitrogens with zero attached hydrogens (tertiary/aromatic N) is 3. The molecule has 2 aromatic rings. The largest absolute Gasteiger partial charge is 0.497 e. The number of carbonyl (C=O) groups excluding carboxylic acids is 1. The summed E-state index contributed by atoms with van der Waals surface area (Å²) in [7, 11) is 2.58. The van der Waals surface area contributed by atoms with E-state index in [1.807, 2.05) is 0 Å². The van der Waals surface area contributed by atoms with Gasteiger partial charge in [0.2, 0.25) is 11.8 Å². The van der Waals surface area contributed by atoms with Gasteiger partial charge >= 0.3 is 12.1 Å². The van der Waals surface area contributed by atoms with Gasteiger partial charge in [0, 0.05) is 0 Å². The summed E-state index contributed by atoms with van der Waals surface area (Å²) in [4.78, 5) is 12.4. The Morgan fingerprint density at radius 3 is 2.41 bits per heavy atom. The number of fused-ring (bicyclic) bond motifs is 1. The van der Waals surface area contributed by atoms with Crippen LogP contribution in [0, 0.1) is 5.92 Å². The van der Waals surface area contributed by atoms with Crippen LogP contribution in [0.25, 0.3) is 0 Å². The molecule has 146 valence electrons. The first-order valence-electron chi connectivity index (χ1n) is 7.85. The highest BCUT2D eigenvalue weighted by Gasteiger charge is 2.55. The van der Waals surface area contributed by atoms with Crippen LogP contribution < -0.4 is 10.1 Å². The highest BCUT2D eigenvalue weighted by molar-refractivity contribution is 5.76.